The molecule has 1 aliphatic rings. The summed E-state index contributed by atoms with van der Waals surface area (Å²) in [4.78, 5) is 14.4. The number of hydrogen-bond donors (Lipinski definition) is 0. The van der Waals surface area contributed by atoms with E-state index in [2.05, 4.69) is 0 Å². The van der Waals surface area contributed by atoms with Crippen molar-refractivity contribution >= 4 is 50.7 Å². The standard InChI is InChI=1S/C20H21Cl3N2O3S/c1-24(13-14-4-2-5-16(21)12-14)20(26)15-8-10-25(11-9-15)29(27,28)19-17(22)6-3-7-18(19)23/h2-7,12,15H,8-11,13H2,1H3. The molecular weight excluding hydrogens is 455 g/mol. The van der Waals surface area contributed by atoms with Gasteiger partial charge in [-0.2, -0.15) is 4.31 Å². The lowest BCUT2D eigenvalue weighted by molar-refractivity contribution is -0.135. The molecule has 1 amide bonds. The van der Waals surface area contributed by atoms with Crippen molar-refractivity contribution in [3.05, 3.63) is 63.1 Å². The summed E-state index contributed by atoms with van der Waals surface area (Å²) in [5, 5.41) is 0.814. The van der Waals surface area contributed by atoms with E-state index in [0.29, 0.717) is 24.4 Å². The SMILES string of the molecule is CN(Cc1cccc(Cl)c1)C(=O)C1CCN(S(=O)(=O)c2c(Cl)cccc2Cl)CC1. The van der Waals surface area contributed by atoms with Crippen LogP contribution < -0.4 is 0 Å². The number of piperidine rings is 1. The molecule has 9 heteroatoms. The van der Waals surface area contributed by atoms with Crippen LogP contribution in [0.2, 0.25) is 15.1 Å². The zero-order valence-electron chi connectivity index (χ0n) is 15.8. The van der Waals surface area contributed by atoms with Crippen LogP contribution in [-0.4, -0.2) is 43.7 Å². The second-order valence-corrected chi connectivity index (χ2v) is 10.2. The van der Waals surface area contributed by atoms with Gasteiger partial charge in [-0.25, -0.2) is 8.42 Å². The molecule has 0 radical (unpaired) electrons. The molecule has 3 rings (SSSR count). The minimum atomic E-state index is -3.82. The van der Waals surface area contributed by atoms with Crippen LogP contribution in [0.3, 0.4) is 0 Å². The third kappa shape index (κ3) is 5.06. The summed E-state index contributed by atoms with van der Waals surface area (Å²) in [5.74, 6) is -0.231. The smallest absolute Gasteiger partial charge is 0.246 e. The van der Waals surface area contributed by atoms with E-state index in [1.54, 1.807) is 24.1 Å². The molecule has 2 aromatic carbocycles. The van der Waals surface area contributed by atoms with Gasteiger partial charge in [0.15, 0.2) is 0 Å². The summed E-state index contributed by atoms with van der Waals surface area (Å²) in [6, 6.07) is 12.0. The van der Waals surface area contributed by atoms with Crippen molar-refractivity contribution in [1.29, 1.82) is 0 Å². The average Bonchev–Trinajstić information content (AvgIpc) is 2.67. The third-order valence-electron chi connectivity index (χ3n) is 5.00. The normalized spacial score (nSPS) is 16.0. The first kappa shape index (κ1) is 22.4. The second-order valence-electron chi connectivity index (χ2n) is 7.05. The van der Waals surface area contributed by atoms with Crippen LogP contribution in [0.1, 0.15) is 18.4 Å². The molecule has 0 N–H and O–H groups in total. The van der Waals surface area contributed by atoms with E-state index in [1.165, 1.54) is 16.4 Å². The molecule has 0 aliphatic carbocycles. The molecule has 0 saturated carbocycles. The fourth-order valence-electron chi connectivity index (χ4n) is 3.50. The predicted octanol–water partition coefficient (Wildman–Crippen LogP) is 4.71. The predicted molar refractivity (Wildman–Crippen MR) is 116 cm³/mol. The number of halogens is 3. The summed E-state index contributed by atoms with van der Waals surface area (Å²) in [5.41, 5.74) is 0.946. The Labute approximate surface area is 186 Å². The van der Waals surface area contributed by atoms with E-state index >= 15 is 0 Å². The van der Waals surface area contributed by atoms with Gasteiger partial charge in [0.05, 0.1) is 10.0 Å². The Hall–Kier alpha value is -1.31. The highest BCUT2D eigenvalue weighted by molar-refractivity contribution is 7.89. The number of carbonyl (C=O) groups excluding carboxylic acids is 1. The highest BCUT2D eigenvalue weighted by Gasteiger charge is 2.35. The van der Waals surface area contributed by atoms with E-state index in [4.69, 9.17) is 34.8 Å². The van der Waals surface area contributed by atoms with Gasteiger partial charge in [0, 0.05) is 37.6 Å². The molecule has 1 aliphatic heterocycles. The maximum absolute atomic E-state index is 13.0. The van der Waals surface area contributed by atoms with Crippen LogP contribution in [0.15, 0.2) is 47.4 Å². The lowest BCUT2D eigenvalue weighted by Gasteiger charge is -2.32. The molecule has 1 saturated heterocycles. The molecule has 5 nitrogen and oxygen atoms in total. The van der Waals surface area contributed by atoms with Crippen LogP contribution in [-0.2, 0) is 21.4 Å². The highest BCUT2D eigenvalue weighted by Crippen LogP contribution is 2.33. The molecule has 1 fully saturated rings. The second kappa shape index (κ2) is 9.23. The van der Waals surface area contributed by atoms with Crippen LogP contribution in [0, 0.1) is 5.92 Å². The van der Waals surface area contributed by atoms with E-state index in [9.17, 15) is 13.2 Å². The first-order chi connectivity index (χ1) is 13.7. The lowest BCUT2D eigenvalue weighted by Crippen LogP contribution is -2.43. The molecule has 0 aromatic heterocycles. The first-order valence-electron chi connectivity index (χ1n) is 9.13. The number of hydrogen-bond acceptors (Lipinski definition) is 3. The molecule has 0 spiro atoms. The molecule has 156 valence electrons. The topological polar surface area (TPSA) is 57.7 Å². The van der Waals surface area contributed by atoms with Gasteiger partial charge in [-0.3, -0.25) is 4.79 Å². The van der Waals surface area contributed by atoms with Gasteiger partial charge < -0.3 is 4.90 Å². The van der Waals surface area contributed by atoms with Crippen molar-refractivity contribution < 1.29 is 13.2 Å². The van der Waals surface area contributed by atoms with Crippen molar-refractivity contribution in [3.8, 4) is 0 Å². The molecule has 2 aromatic rings. The number of rotatable bonds is 5. The number of benzene rings is 2. The van der Waals surface area contributed by atoms with Gasteiger partial charge >= 0.3 is 0 Å². The number of amides is 1. The van der Waals surface area contributed by atoms with Crippen LogP contribution >= 0.6 is 34.8 Å². The van der Waals surface area contributed by atoms with Crippen molar-refractivity contribution in [2.24, 2.45) is 5.92 Å². The lowest BCUT2D eigenvalue weighted by atomic mass is 9.96. The zero-order valence-corrected chi connectivity index (χ0v) is 18.9. The Morgan fingerprint density at radius 2 is 1.66 bits per heavy atom. The monoisotopic (exact) mass is 474 g/mol. The molecule has 0 bridgehead atoms. The maximum atomic E-state index is 13.0. The van der Waals surface area contributed by atoms with Gasteiger partial charge in [0.2, 0.25) is 15.9 Å². The van der Waals surface area contributed by atoms with Gasteiger partial charge in [0.1, 0.15) is 4.90 Å². The zero-order chi connectivity index (χ0) is 21.2. The minimum absolute atomic E-state index is 0.00204. The van der Waals surface area contributed by atoms with Crippen LogP contribution in [0.4, 0.5) is 0 Å². The summed E-state index contributed by atoms with van der Waals surface area (Å²) in [7, 11) is -2.07. The van der Waals surface area contributed by atoms with E-state index in [0.717, 1.165) is 5.56 Å². The Morgan fingerprint density at radius 3 is 2.24 bits per heavy atom. The van der Waals surface area contributed by atoms with Crippen molar-refractivity contribution in [2.45, 2.75) is 24.3 Å². The van der Waals surface area contributed by atoms with E-state index < -0.39 is 10.0 Å². The van der Waals surface area contributed by atoms with Gasteiger partial charge in [-0.15, -0.1) is 0 Å². The molecule has 0 atom stereocenters. The minimum Gasteiger partial charge on any atom is -0.341 e. The van der Waals surface area contributed by atoms with Crippen molar-refractivity contribution in [2.75, 3.05) is 20.1 Å². The van der Waals surface area contributed by atoms with E-state index in [-0.39, 0.29) is 39.9 Å². The Morgan fingerprint density at radius 1 is 1.07 bits per heavy atom. The largest absolute Gasteiger partial charge is 0.341 e. The number of nitrogens with zero attached hydrogens (tertiary/aromatic N) is 2. The Kier molecular flexibility index (Phi) is 7.12. The van der Waals surface area contributed by atoms with Crippen LogP contribution in [0.5, 0.6) is 0 Å². The van der Waals surface area contributed by atoms with Gasteiger partial charge in [-0.05, 0) is 42.7 Å². The molecule has 29 heavy (non-hydrogen) atoms. The first-order valence-corrected chi connectivity index (χ1v) is 11.7. The van der Waals surface area contributed by atoms with Crippen molar-refractivity contribution in [3.63, 3.8) is 0 Å². The summed E-state index contributed by atoms with van der Waals surface area (Å²) >= 11 is 18.2. The fourth-order valence-corrected chi connectivity index (χ4v) is 6.27. The number of sulfonamides is 1. The quantitative estimate of drug-likeness (QED) is 0.629. The van der Waals surface area contributed by atoms with Gasteiger partial charge in [-0.1, -0.05) is 53.0 Å². The highest BCUT2D eigenvalue weighted by atomic mass is 35.5. The molecule has 1 heterocycles. The summed E-state index contributed by atoms with van der Waals surface area (Å²) in [6.07, 6.45) is 0.889. The number of carbonyl (C=O) groups is 1. The maximum Gasteiger partial charge on any atom is 0.246 e. The summed E-state index contributed by atoms with van der Waals surface area (Å²) < 4.78 is 27.3. The fraction of sp³-hybridized carbons (Fsp3) is 0.350. The van der Waals surface area contributed by atoms with Crippen LogP contribution in [0.25, 0.3) is 0 Å². The van der Waals surface area contributed by atoms with Gasteiger partial charge in [0.25, 0.3) is 0 Å². The van der Waals surface area contributed by atoms with Crippen molar-refractivity contribution in [1.82, 2.24) is 9.21 Å². The Balaban J connectivity index is 1.64. The van der Waals surface area contributed by atoms with E-state index in [1.807, 2.05) is 18.2 Å². The Bertz CT molecular complexity index is 986. The average molecular weight is 476 g/mol. The summed E-state index contributed by atoms with van der Waals surface area (Å²) in [6.45, 7) is 0.934. The molecule has 0 unspecified atom stereocenters. The molecular formula is C20H21Cl3N2O3S. The third-order valence-corrected chi connectivity index (χ3v) is 8.09.